The highest BCUT2D eigenvalue weighted by Crippen LogP contribution is 2.32. The molecule has 0 radical (unpaired) electrons. The van der Waals surface area contributed by atoms with Crippen LogP contribution in [-0.4, -0.2) is 16.7 Å². The second kappa shape index (κ2) is 6.88. The zero-order valence-electron chi connectivity index (χ0n) is 13.7. The molecule has 2 aromatic heterocycles. The van der Waals surface area contributed by atoms with Gasteiger partial charge in [-0.25, -0.2) is 0 Å². The van der Waals surface area contributed by atoms with Crippen LogP contribution in [0.5, 0.6) is 5.75 Å². The number of nitrogens with zero attached hydrogens (tertiary/aromatic N) is 2. The van der Waals surface area contributed by atoms with Gasteiger partial charge in [-0.2, -0.15) is 0 Å². The van der Waals surface area contributed by atoms with E-state index in [9.17, 15) is 0 Å². The second-order valence-electron chi connectivity index (χ2n) is 5.39. The maximum absolute atomic E-state index is 5.24. The third kappa shape index (κ3) is 2.84. The normalized spacial score (nSPS) is 10.4. The molecular weight excluding hydrogens is 308 g/mol. The minimum Gasteiger partial charge on any atom is -0.497 e. The molecule has 1 aromatic carbocycles. The quantitative estimate of drug-likeness (QED) is 0.634. The van der Waals surface area contributed by atoms with Crippen LogP contribution in [0.2, 0.25) is 0 Å². The van der Waals surface area contributed by atoms with Crippen LogP contribution >= 0.6 is 12.4 Å². The van der Waals surface area contributed by atoms with Crippen molar-refractivity contribution in [1.82, 2.24) is 9.55 Å². The molecule has 0 unspecified atom stereocenters. The van der Waals surface area contributed by atoms with Crippen molar-refractivity contribution in [2.24, 2.45) is 0 Å². The fourth-order valence-corrected chi connectivity index (χ4v) is 2.91. The van der Waals surface area contributed by atoms with Gasteiger partial charge < -0.3 is 9.30 Å². The zero-order valence-corrected chi connectivity index (χ0v) is 14.5. The number of aromatic nitrogens is 2. The summed E-state index contributed by atoms with van der Waals surface area (Å²) in [6.45, 7) is 8.97. The number of aryl methyl sites for hydroxylation is 1. The maximum atomic E-state index is 5.24. The van der Waals surface area contributed by atoms with E-state index in [1.807, 2.05) is 24.4 Å². The lowest BCUT2D eigenvalue weighted by Gasteiger charge is -2.09. The van der Waals surface area contributed by atoms with Gasteiger partial charge in [0.15, 0.2) is 0 Å². The summed E-state index contributed by atoms with van der Waals surface area (Å²) >= 11 is 0. The van der Waals surface area contributed by atoms with Crippen molar-refractivity contribution in [3.8, 4) is 17.0 Å². The Labute approximate surface area is 143 Å². The lowest BCUT2D eigenvalue weighted by atomic mass is 10.1. The summed E-state index contributed by atoms with van der Waals surface area (Å²) in [5.41, 5.74) is 5.82. The summed E-state index contributed by atoms with van der Waals surface area (Å²) in [4.78, 5) is 4.63. The number of fused-ring (bicyclic) bond motifs is 1. The average molecular weight is 329 g/mol. The summed E-state index contributed by atoms with van der Waals surface area (Å²) in [5.74, 6) is 0.852. The molecule has 0 bridgehead atoms. The Bertz CT molecular complexity index is 835. The summed E-state index contributed by atoms with van der Waals surface area (Å²) in [6, 6.07) is 10.1. The molecule has 0 aliphatic carbocycles. The van der Waals surface area contributed by atoms with Gasteiger partial charge in [-0.1, -0.05) is 6.08 Å². The molecule has 2 heterocycles. The van der Waals surface area contributed by atoms with Crippen molar-refractivity contribution in [2.75, 3.05) is 7.11 Å². The smallest absolute Gasteiger partial charge is 0.118 e. The fraction of sp³-hybridized carbons (Fsp3) is 0.211. The third-order valence-corrected chi connectivity index (χ3v) is 4.22. The van der Waals surface area contributed by atoms with Crippen molar-refractivity contribution in [2.45, 2.75) is 20.4 Å². The summed E-state index contributed by atoms with van der Waals surface area (Å²) in [6.07, 6.45) is 3.81. The highest BCUT2D eigenvalue weighted by molar-refractivity contribution is 5.95. The fourth-order valence-electron chi connectivity index (χ4n) is 2.91. The molecule has 0 fully saturated rings. The van der Waals surface area contributed by atoms with Crippen LogP contribution < -0.4 is 4.74 Å². The molecule has 23 heavy (non-hydrogen) atoms. The number of rotatable bonds is 4. The number of hydrogen-bond donors (Lipinski definition) is 0. The molecule has 0 aliphatic rings. The van der Waals surface area contributed by atoms with Gasteiger partial charge in [0.05, 0.1) is 18.3 Å². The average Bonchev–Trinajstić information content (AvgIpc) is 2.80. The van der Waals surface area contributed by atoms with Crippen LogP contribution in [0.1, 0.15) is 11.3 Å². The number of allylic oxidation sites excluding steroid dienone is 1. The topological polar surface area (TPSA) is 27.1 Å². The number of ether oxygens (including phenoxy) is 1. The first-order chi connectivity index (χ1) is 10.7. The molecule has 0 aliphatic heterocycles. The highest BCUT2D eigenvalue weighted by atomic mass is 35.5. The molecule has 3 nitrogen and oxygen atoms in total. The highest BCUT2D eigenvalue weighted by Gasteiger charge is 2.15. The number of methoxy groups -OCH3 is 1. The van der Waals surface area contributed by atoms with Crippen LogP contribution in [0, 0.1) is 13.8 Å². The minimum absolute atomic E-state index is 0. The SMILES string of the molecule is C=CCn1c(C)c(C)c2ccnc(-c3ccc(OC)cc3)c21.Cl. The van der Waals surface area contributed by atoms with Gasteiger partial charge in [0.25, 0.3) is 0 Å². The van der Waals surface area contributed by atoms with Gasteiger partial charge in [-0.3, -0.25) is 4.98 Å². The first kappa shape index (κ1) is 17.1. The Morgan fingerprint density at radius 2 is 1.87 bits per heavy atom. The van der Waals surface area contributed by atoms with E-state index < -0.39 is 0 Å². The van der Waals surface area contributed by atoms with Crippen molar-refractivity contribution in [3.63, 3.8) is 0 Å². The van der Waals surface area contributed by atoms with E-state index in [1.165, 1.54) is 22.2 Å². The standard InChI is InChI=1S/C19H20N2O.ClH/c1-5-12-21-14(3)13(2)17-10-11-20-18(19(17)21)15-6-8-16(22-4)9-7-15;/h5-11H,1,12H2,2-4H3;1H. The molecule has 0 amide bonds. The van der Waals surface area contributed by atoms with Crippen LogP contribution in [0.25, 0.3) is 22.2 Å². The zero-order chi connectivity index (χ0) is 15.7. The Kier molecular flexibility index (Phi) is 5.12. The van der Waals surface area contributed by atoms with Gasteiger partial charge in [-0.05, 0) is 49.7 Å². The predicted octanol–water partition coefficient (Wildman–Crippen LogP) is 4.94. The van der Waals surface area contributed by atoms with E-state index in [0.29, 0.717) is 0 Å². The molecule has 0 spiro atoms. The van der Waals surface area contributed by atoms with Gasteiger partial charge in [0.1, 0.15) is 5.75 Å². The summed E-state index contributed by atoms with van der Waals surface area (Å²) in [5, 5.41) is 1.25. The minimum atomic E-state index is 0. The molecule has 3 aromatic rings. The van der Waals surface area contributed by atoms with Crippen LogP contribution in [0.4, 0.5) is 0 Å². The Morgan fingerprint density at radius 3 is 2.48 bits per heavy atom. The monoisotopic (exact) mass is 328 g/mol. The Morgan fingerprint density at radius 1 is 1.17 bits per heavy atom. The van der Waals surface area contributed by atoms with Gasteiger partial charge in [-0.15, -0.1) is 19.0 Å². The molecule has 3 rings (SSSR count). The van der Waals surface area contributed by atoms with Gasteiger partial charge in [0, 0.05) is 29.4 Å². The van der Waals surface area contributed by atoms with E-state index in [-0.39, 0.29) is 12.4 Å². The number of hydrogen-bond acceptors (Lipinski definition) is 2. The van der Waals surface area contributed by atoms with Crippen molar-refractivity contribution >= 4 is 23.3 Å². The molecule has 0 saturated carbocycles. The molecule has 0 atom stereocenters. The largest absolute Gasteiger partial charge is 0.497 e. The van der Waals surface area contributed by atoms with Crippen LogP contribution in [-0.2, 0) is 6.54 Å². The molecule has 0 N–H and O–H groups in total. The maximum Gasteiger partial charge on any atom is 0.118 e. The molecule has 4 heteroatoms. The summed E-state index contributed by atoms with van der Waals surface area (Å²) in [7, 11) is 1.68. The van der Waals surface area contributed by atoms with Crippen molar-refractivity contribution in [1.29, 1.82) is 0 Å². The second-order valence-corrected chi connectivity index (χ2v) is 5.39. The van der Waals surface area contributed by atoms with Gasteiger partial charge >= 0.3 is 0 Å². The summed E-state index contributed by atoms with van der Waals surface area (Å²) < 4.78 is 7.52. The lowest BCUT2D eigenvalue weighted by molar-refractivity contribution is 0.415. The Balaban J connectivity index is 0.00000192. The van der Waals surface area contributed by atoms with E-state index in [0.717, 1.165) is 23.6 Å². The molecule has 0 saturated heterocycles. The third-order valence-electron chi connectivity index (χ3n) is 4.22. The molecular formula is C19H21ClN2O. The van der Waals surface area contributed by atoms with E-state index in [1.54, 1.807) is 7.11 Å². The van der Waals surface area contributed by atoms with Crippen LogP contribution in [0.3, 0.4) is 0 Å². The lowest BCUT2D eigenvalue weighted by Crippen LogP contribution is -1.99. The van der Waals surface area contributed by atoms with Crippen molar-refractivity contribution in [3.05, 3.63) is 60.4 Å². The number of benzene rings is 1. The van der Waals surface area contributed by atoms with Crippen molar-refractivity contribution < 1.29 is 4.74 Å². The first-order valence-corrected chi connectivity index (χ1v) is 7.37. The Hall–Kier alpha value is -2.26. The predicted molar refractivity (Wildman–Crippen MR) is 98.6 cm³/mol. The van der Waals surface area contributed by atoms with Crippen LogP contribution in [0.15, 0.2) is 49.2 Å². The molecule has 120 valence electrons. The number of halogens is 1. The van der Waals surface area contributed by atoms with Gasteiger partial charge in [0.2, 0.25) is 0 Å². The first-order valence-electron chi connectivity index (χ1n) is 7.37. The number of pyridine rings is 1. The van der Waals surface area contributed by atoms with E-state index >= 15 is 0 Å². The van der Waals surface area contributed by atoms with E-state index in [2.05, 4.69) is 48.2 Å². The van der Waals surface area contributed by atoms with E-state index in [4.69, 9.17) is 4.74 Å².